The second kappa shape index (κ2) is 13.1. The molecule has 0 heterocycles. The topological polar surface area (TPSA) is 72.8 Å². The molecule has 0 saturated heterocycles. The molecule has 0 amide bonds. The molecule has 0 aromatic heterocycles. The fourth-order valence-electron chi connectivity index (χ4n) is 1.25. The van der Waals surface area contributed by atoms with E-state index in [0.717, 1.165) is 12.8 Å². The van der Waals surface area contributed by atoms with Gasteiger partial charge in [-0.15, -0.1) is 0 Å². The summed E-state index contributed by atoms with van der Waals surface area (Å²) in [6, 6.07) is 0. The van der Waals surface area contributed by atoms with Crippen LogP contribution in [-0.2, 0) is 19.1 Å². The summed E-state index contributed by atoms with van der Waals surface area (Å²) in [5.41, 5.74) is 0. The van der Waals surface area contributed by atoms with E-state index in [2.05, 4.69) is 0 Å². The Labute approximate surface area is 121 Å². The van der Waals surface area contributed by atoms with Gasteiger partial charge in [-0.3, -0.25) is 9.59 Å². The number of rotatable bonds is 11. The molecular weight excluding hydrogens is 294 g/mol. The molecule has 0 saturated carbocycles. The fraction of sp³-hybridized carbons (Fsp3) is 0.833. The predicted octanol–water partition coefficient (Wildman–Crippen LogP) is 0.806. The molecular formula is C12H25GaO5. The van der Waals surface area contributed by atoms with Crippen LogP contribution in [0.25, 0.3) is 0 Å². The van der Waals surface area contributed by atoms with Crippen molar-refractivity contribution >= 4 is 31.5 Å². The van der Waals surface area contributed by atoms with Crippen LogP contribution in [0.3, 0.4) is 0 Å². The Morgan fingerprint density at radius 3 is 2.00 bits per heavy atom. The third kappa shape index (κ3) is 12.2. The monoisotopic (exact) mass is 318 g/mol. The maximum atomic E-state index is 11.2. The van der Waals surface area contributed by atoms with Gasteiger partial charge in [-0.1, -0.05) is 13.8 Å². The van der Waals surface area contributed by atoms with Crippen molar-refractivity contribution in [3.8, 4) is 0 Å². The van der Waals surface area contributed by atoms with Gasteiger partial charge < -0.3 is 14.6 Å². The molecule has 0 rings (SSSR count). The molecule has 5 nitrogen and oxygen atoms in total. The molecule has 106 valence electrons. The van der Waals surface area contributed by atoms with Gasteiger partial charge in [-0.05, 0) is 12.8 Å². The molecule has 0 aliphatic heterocycles. The van der Waals surface area contributed by atoms with Crippen molar-refractivity contribution in [2.24, 2.45) is 0 Å². The van der Waals surface area contributed by atoms with Crippen LogP contribution in [0.5, 0.6) is 0 Å². The molecule has 0 atom stereocenters. The number of ether oxygens (including phenoxy) is 2. The third-order valence-corrected chi connectivity index (χ3v) is 2.02. The Hall–Kier alpha value is -0.304. The summed E-state index contributed by atoms with van der Waals surface area (Å²) in [6.45, 7) is 5.15. The fourth-order valence-corrected chi connectivity index (χ4v) is 1.25. The zero-order valence-electron chi connectivity index (χ0n) is 10.6. The van der Waals surface area contributed by atoms with E-state index in [-0.39, 0.29) is 32.0 Å². The second-order valence-corrected chi connectivity index (χ2v) is 3.82. The number of ketones is 1. The van der Waals surface area contributed by atoms with Gasteiger partial charge in [0, 0.05) is 26.1 Å². The molecule has 0 unspecified atom stereocenters. The van der Waals surface area contributed by atoms with E-state index < -0.39 is 18.7 Å². The van der Waals surface area contributed by atoms with E-state index in [0.29, 0.717) is 19.6 Å². The van der Waals surface area contributed by atoms with Crippen LogP contribution in [0, 0.1) is 0 Å². The number of carbonyl (C=O) groups is 2. The van der Waals surface area contributed by atoms with Crippen LogP contribution in [0.1, 0.15) is 46.0 Å². The van der Waals surface area contributed by atoms with Crippen molar-refractivity contribution < 1.29 is 24.2 Å². The summed E-state index contributed by atoms with van der Waals surface area (Å²) >= 11 is 0. The van der Waals surface area contributed by atoms with Gasteiger partial charge in [0.25, 0.3) is 0 Å². The van der Waals surface area contributed by atoms with E-state index in [1.54, 1.807) is 0 Å². The molecule has 0 fully saturated rings. The number of hydrogen-bond donors (Lipinski definition) is 1. The van der Waals surface area contributed by atoms with E-state index in [1.807, 2.05) is 13.8 Å². The first-order valence-corrected chi connectivity index (χ1v) is 6.06. The number of carboxylic acids is 1. The van der Waals surface area contributed by atoms with Crippen LogP contribution < -0.4 is 0 Å². The molecule has 0 aliphatic carbocycles. The molecule has 0 bridgehead atoms. The van der Waals surface area contributed by atoms with E-state index in [1.165, 1.54) is 0 Å². The average Bonchev–Trinajstić information content (AvgIpc) is 2.27. The van der Waals surface area contributed by atoms with Crippen molar-refractivity contribution in [1.82, 2.24) is 0 Å². The van der Waals surface area contributed by atoms with Gasteiger partial charge in [0.05, 0.1) is 0 Å². The standard InChI is InChI=1S/C12H22O5.Ga.3H/c1-3-7-16-12(17-8-4-2)6-5-10(13)9-11(14)15;;;;/h12H,3-9H2,1-2H3,(H,14,15);;;;. The Kier molecular flexibility index (Phi) is 14.6. The van der Waals surface area contributed by atoms with Crippen LogP contribution in [0.15, 0.2) is 0 Å². The van der Waals surface area contributed by atoms with Crippen LogP contribution in [0.2, 0.25) is 0 Å². The molecule has 0 aromatic rings. The van der Waals surface area contributed by atoms with Gasteiger partial charge in [-0.2, -0.15) is 0 Å². The van der Waals surface area contributed by atoms with Gasteiger partial charge >= 0.3 is 25.8 Å². The zero-order valence-corrected chi connectivity index (χ0v) is 10.6. The number of Topliss-reactive ketones (excluding diaryl/α,β-unsaturated/α-hetero) is 1. The van der Waals surface area contributed by atoms with Gasteiger partial charge in [0.1, 0.15) is 12.2 Å². The summed E-state index contributed by atoms with van der Waals surface area (Å²) in [7, 11) is 0. The number of carboxylic acid groups (broad SMARTS) is 1. The third-order valence-electron chi connectivity index (χ3n) is 2.02. The van der Waals surface area contributed by atoms with Crippen LogP contribution in [-0.4, -0.2) is 56.2 Å². The van der Waals surface area contributed by atoms with Crippen molar-refractivity contribution in [1.29, 1.82) is 0 Å². The van der Waals surface area contributed by atoms with Crippen molar-refractivity contribution in [2.45, 2.75) is 52.2 Å². The van der Waals surface area contributed by atoms with Crippen LogP contribution >= 0.6 is 0 Å². The number of hydrogen-bond acceptors (Lipinski definition) is 4. The van der Waals surface area contributed by atoms with E-state index in [9.17, 15) is 9.59 Å². The van der Waals surface area contributed by atoms with E-state index in [4.69, 9.17) is 14.6 Å². The summed E-state index contributed by atoms with van der Waals surface area (Å²) in [6.07, 6.45) is 1.56. The summed E-state index contributed by atoms with van der Waals surface area (Å²) < 4.78 is 10.9. The Balaban J connectivity index is 0. The number of carbonyl (C=O) groups excluding carboxylic acids is 1. The first kappa shape index (κ1) is 20.0. The van der Waals surface area contributed by atoms with Crippen molar-refractivity contribution in [3.63, 3.8) is 0 Å². The quantitative estimate of drug-likeness (QED) is 0.347. The molecule has 6 heteroatoms. The Bertz CT molecular complexity index is 225. The Morgan fingerprint density at radius 1 is 1.11 bits per heavy atom. The summed E-state index contributed by atoms with van der Waals surface area (Å²) in [5.74, 6) is -1.38. The summed E-state index contributed by atoms with van der Waals surface area (Å²) in [5, 5.41) is 8.45. The van der Waals surface area contributed by atoms with Crippen molar-refractivity contribution in [3.05, 3.63) is 0 Å². The molecule has 18 heavy (non-hydrogen) atoms. The Morgan fingerprint density at radius 2 is 1.61 bits per heavy atom. The molecule has 0 radical (unpaired) electrons. The molecule has 0 spiro atoms. The SMILES string of the molecule is CCCOC(CCC(=O)CC(=O)O)OCCC.[GaH3]. The first-order valence-electron chi connectivity index (χ1n) is 6.06. The number of aliphatic carboxylic acids is 1. The van der Waals surface area contributed by atoms with Crippen LogP contribution in [0.4, 0.5) is 0 Å². The van der Waals surface area contributed by atoms with E-state index >= 15 is 0 Å². The average molecular weight is 319 g/mol. The normalized spacial score (nSPS) is 10.2. The second-order valence-electron chi connectivity index (χ2n) is 3.82. The maximum absolute atomic E-state index is 11.2. The minimum atomic E-state index is -1.09. The minimum absolute atomic E-state index is 0. The first-order chi connectivity index (χ1) is 8.10. The van der Waals surface area contributed by atoms with Gasteiger partial charge in [-0.25, -0.2) is 0 Å². The molecule has 0 aromatic carbocycles. The zero-order chi connectivity index (χ0) is 13.1. The molecule has 0 aliphatic rings. The predicted molar refractivity (Wildman–Crippen MR) is 72.7 cm³/mol. The van der Waals surface area contributed by atoms with Gasteiger partial charge in [0.2, 0.25) is 0 Å². The molecule has 1 N–H and O–H groups in total. The van der Waals surface area contributed by atoms with Crippen molar-refractivity contribution in [2.75, 3.05) is 13.2 Å². The van der Waals surface area contributed by atoms with Gasteiger partial charge in [0.15, 0.2) is 6.29 Å². The summed E-state index contributed by atoms with van der Waals surface area (Å²) in [4.78, 5) is 21.5.